The number of hydrogen-bond acceptors (Lipinski definition) is 4. The van der Waals surface area contributed by atoms with Crippen LogP contribution >= 0.6 is 0 Å². The van der Waals surface area contributed by atoms with Gasteiger partial charge in [0.15, 0.2) is 0 Å². The molecule has 0 bridgehead atoms. The Morgan fingerprint density at radius 3 is 2.79 bits per heavy atom. The summed E-state index contributed by atoms with van der Waals surface area (Å²) in [6.45, 7) is 2.48. The first-order valence-electron chi connectivity index (χ1n) is 9.18. The lowest BCUT2D eigenvalue weighted by molar-refractivity contribution is 0.102. The predicted octanol–water partition coefficient (Wildman–Crippen LogP) is 3.87. The molecule has 0 spiro atoms. The van der Waals surface area contributed by atoms with Crippen LogP contribution in [0.5, 0.6) is 0 Å². The van der Waals surface area contributed by atoms with E-state index in [4.69, 9.17) is 0 Å². The molecule has 1 N–H and O–H groups in total. The van der Waals surface area contributed by atoms with Crippen molar-refractivity contribution in [1.82, 2.24) is 0 Å². The summed E-state index contributed by atoms with van der Waals surface area (Å²) in [7, 11) is -3.88. The van der Waals surface area contributed by atoms with Crippen LogP contribution in [0.1, 0.15) is 41.6 Å². The number of amidine groups is 1. The summed E-state index contributed by atoms with van der Waals surface area (Å²) in [5, 5.41) is 2.51. The number of aryl methyl sites for hydroxylation is 1. The summed E-state index contributed by atoms with van der Waals surface area (Å²) >= 11 is 0. The molecule has 0 atom stereocenters. The molecular formula is C20H20FN3O3S. The number of nitrogens with one attached hydrogen (secondary N) is 1. The molecule has 0 aromatic heterocycles. The van der Waals surface area contributed by atoms with E-state index < -0.39 is 21.7 Å². The van der Waals surface area contributed by atoms with Gasteiger partial charge in [-0.1, -0.05) is 12.5 Å². The molecule has 2 heterocycles. The molecule has 2 aromatic rings. The number of rotatable bonds is 2. The van der Waals surface area contributed by atoms with E-state index in [1.807, 2.05) is 4.90 Å². The number of amides is 1. The third kappa shape index (κ3) is 3.40. The Balaban J connectivity index is 1.70. The van der Waals surface area contributed by atoms with Crippen molar-refractivity contribution in [2.24, 2.45) is 4.40 Å². The Morgan fingerprint density at radius 1 is 1.14 bits per heavy atom. The molecule has 0 aliphatic carbocycles. The number of carbonyl (C=O) groups excluding carboxylic acids is 1. The first-order chi connectivity index (χ1) is 13.3. The second-order valence-corrected chi connectivity index (χ2v) is 8.64. The maximum Gasteiger partial charge on any atom is 0.286 e. The molecule has 0 saturated carbocycles. The van der Waals surface area contributed by atoms with Crippen LogP contribution in [-0.2, 0) is 10.0 Å². The molecule has 1 saturated heterocycles. The second kappa shape index (κ2) is 7.01. The van der Waals surface area contributed by atoms with Gasteiger partial charge in [0, 0.05) is 18.5 Å². The maximum absolute atomic E-state index is 13.9. The number of hydrogen-bond donors (Lipinski definition) is 1. The van der Waals surface area contributed by atoms with E-state index in [9.17, 15) is 17.6 Å². The highest BCUT2D eigenvalue weighted by Crippen LogP contribution is 2.35. The molecule has 1 amide bonds. The van der Waals surface area contributed by atoms with Crippen LogP contribution in [-0.4, -0.2) is 26.7 Å². The van der Waals surface area contributed by atoms with Gasteiger partial charge in [0.1, 0.15) is 16.5 Å². The summed E-state index contributed by atoms with van der Waals surface area (Å²) in [5.74, 6) is -0.569. The van der Waals surface area contributed by atoms with Crippen LogP contribution in [0.3, 0.4) is 0 Å². The van der Waals surface area contributed by atoms with E-state index in [1.165, 1.54) is 18.2 Å². The maximum atomic E-state index is 13.9. The highest BCUT2D eigenvalue weighted by atomic mass is 32.2. The zero-order chi connectivity index (χ0) is 19.9. The first kappa shape index (κ1) is 18.6. The SMILES string of the molecule is Cc1ccc(F)c(NC(=O)c2ccc3c(c2)S(=O)(=O)N=C2CCCCCN23)c1. The van der Waals surface area contributed by atoms with Crippen LogP contribution in [0, 0.1) is 12.7 Å². The van der Waals surface area contributed by atoms with E-state index in [2.05, 4.69) is 9.71 Å². The van der Waals surface area contributed by atoms with E-state index in [-0.39, 0.29) is 16.1 Å². The molecule has 4 rings (SSSR count). The topological polar surface area (TPSA) is 78.8 Å². The lowest BCUT2D eigenvalue weighted by Gasteiger charge is -2.29. The van der Waals surface area contributed by atoms with Gasteiger partial charge in [-0.25, -0.2) is 4.39 Å². The van der Waals surface area contributed by atoms with Crippen molar-refractivity contribution in [3.05, 3.63) is 53.3 Å². The number of sulfonamides is 1. The highest BCUT2D eigenvalue weighted by molar-refractivity contribution is 7.90. The fourth-order valence-corrected chi connectivity index (χ4v) is 4.83. The van der Waals surface area contributed by atoms with E-state index in [0.29, 0.717) is 24.5 Å². The lowest BCUT2D eigenvalue weighted by atomic mass is 10.1. The minimum Gasteiger partial charge on any atom is -0.328 e. The average Bonchev–Trinajstić information content (AvgIpc) is 2.89. The Hall–Kier alpha value is -2.74. The van der Waals surface area contributed by atoms with Gasteiger partial charge in [0.05, 0.1) is 11.4 Å². The zero-order valence-corrected chi connectivity index (χ0v) is 16.2. The van der Waals surface area contributed by atoms with Gasteiger partial charge in [0.25, 0.3) is 15.9 Å². The van der Waals surface area contributed by atoms with Crippen molar-refractivity contribution in [3.63, 3.8) is 0 Å². The molecule has 2 aliphatic heterocycles. The number of fused-ring (bicyclic) bond motifs is 3. The Labute approximate surface area is 163 Å². The van der Waals surface area contributed by atoms with Crippen molar-refractivity contribution in [1.29, 1.82) is 0 Å². The van der Waals surface area contributed by atoms with Crippen molar-refractivity contribution in [3.8, 4) is 0 Å². The third-order valence-electron chi connectivity index (χ3n) is 4.98. The quantitative estimate of drug-likeness (QED) is 0.829. The Morgan fingerprint density at radius 2 is 1.96 bits per heavy atom. The molecular weight excluding hydrogens is 381 g/mol. The average molecular weight is 401 g/mol. The zero-order valence-electron chi connectivity index (χ0n) is 15.4. The number of nitrogens with zero attached hydrogens (tertiary/aromatic N) is 2. The number of carbonyl (C=O) groups is 1. The molecule has 0 radical (unpaired) electrons. The van der Waals surface area contributed by atoms with E-state index in [1.54, 1.807) is 25.1 Å². The van der Waals surface area contributed by atoms with Crippen LogP contribution in [0.15, 0.2) is 45.7 Å². The third-order valence-corrected chi connectivity index (χ3v) is 6.31. The van der Waals surface area contributed by atoms with Gasteiger partial charge in [0.2, 0.25) is 0 Å². The largest absolute Gasteiger partial charge is 0.328 e. The standard InChI is InChI=1S/C20H20FN3O3S/c1-13-6-8-15(21)16(11-13)22-20(25)14-7-9-17-18(12-14)28(26,27)23-19-5-3-2-4-10-24(17)19/h6-9,11-12H,2-5,10H2,1H3,(H,22,25). The predicted molar refractivity (Wildman–Crippen MR) is 106 cm³/mol. The summed E-state index contributed by atoms with van der Waals surface area (Å²) < 4.78 is 43.2. The van der Waals surface area contributed by atoms with Crippen molar-refractivity contribution < 1.29 is 17.6 Å². The minimum atomic E-state index is -3.88. The van der Waals surface area contributed by atoms with Crippen LogP contribution in [0.2, 0.25) is 0 Å². The van der Waals surface area contributed by atoms with Gasteiger partial charge in [-0.3, -0.25) is 4.79 Å². The number of anilines is 2. The molecule has 8 heteroatoms. The van der Waals surface area contributed by atoms with Gasteiger partial charge in [-0.15, -0.1) is 4.40 Å². The molecule has 1 fully saturated rings. The molecule has 2 aromatic carbocycles. The van der Waals surface area contributed by atoms with Crippen molar-refractivity contribution in [2.75, 3.05) is 16.8 Å². The van der Waals surface area contributed by atoms with Gasteiger partial charge < -0.3 is 10.2 Å². The van der Waals surface area contributed by atoms with Crippen molar-refractivity contribution in [2.45, 2.75) is 37.5 Å². The molecule has 6 nitrogen and oxygen atoms in total. The normalized spacial score (nSPS) is 17.8. The number of benzene rings is 2. The lowest BCUT2D eigenvalue weighted by Crippen LogP contribution is -2.35. The minimum absolute atomic E-state index is 0.00974. The smallest absolute Gasteiger partial charge is 0.286 e. The first-order valence-corrected chi connectivity index (χ1v) is 10.6. The summed E-state index contributed by atoms with van der Waals surface area (Å²) in [4.78, 5) is 14.5. The number of halogens is 1. The highest BCUT2D eigenvalue weighted by Gasteiger charge is 2.32. The van der Waals surface area contributed by atoms with Crippen LogP contribution in [0.4, 0.5) is 15.8 Å². The van der Waals surface area contributed by atoms with Crippen LogP contribution in [0.25, 0.3) is 0 Å². The molecule has 28 heavy (non-hydrogen) atoms. The fraction of sp³-hybridized carbons (Fsp3) is 0.300. The van der Waals surface area contributed by atoms with Crippen molar-refractivity contribution >= 4 is 33.1 Å². The van der Waals surface area contributed by atoms with Gasteiger partial charge in [-0.2, -0.15) is 8.42 Å². The van der Waals surface area contributed by atoms with Gasteiger partial charge in [-0.05, 0) is 55.7 Å². The molecule has 2 aliphatic rings. The molecule has 146 valence electrons. The fourth-order valence-electron chi connectivity index (χ4n) is 3.55. The van der Waals surface area contributed by atoms with E-state index in [0.717, 1.165) is 24.8 Å². The summed E-state index contributed by atoms with van der Waals surface area (Å²) in [5.41, 5.74) is 1.54. The monoisotopic (exact) mass is 401 g/mol. The summed E-state index contributed by atoms with van der Waals surface area (Å²) in [6, 6.07) is 8.92. The molecule has 0 unspecified atom stereocenters. The van der Waals surface area contributed by atoms with Crippen LogP contribution < -0.4 is 10.2 Å². The van der Waals surface area contributed by atoms with Gasteiger partial charge >= 0.3 is 0 Å². The van der Waals surface area contributed by atoms with E-state index >= 15 is 0 Å². The second-order valence-electron chi connectivity index (χ2n) is 7.06. The Kier molecular flexibility index (Phi) is 4.66. The summed E-state index contributed by atoms with van der Waals surface area (Å²) in [6.07, 6.45) is 3.50. The Bertz CT molecular complexity index is 1100.